The van der Waals surface area contributed by atoms with Gasteiger partial charge in [-0.05, 0) is 24.6 Å². The third-order valence-electron chi connectivity index (χ3n) is 3.03. The van der Waals surface area contributed by atoms with Crippen molar-refractivity contribution < 1.29 is 9.47 Å². The molecule has 0 fully saturated rings. The summed E-state index contributed by atoms with van der Waals surface area (Å²) < 4.78 is 12.3. The second kappa shape index (κ2) is 9.23. The van der Waals surface area contributed by atoms with Gasteiger partial charge in [-0.3, -0.25) is 9.67 Å². The fourth-order valence-electron chi connectivity index (χ4n) is 1.96. The van der Waals surface area contributed by atoms with E-state index in [2.05, 4.69) is 15.4 Å². The van der Waals surface area contributed by atoms with Crippen LogP contribution in [-0.2, 0) is 6.54 Å². The van der Waals surface area contributed by atoms with Crippen molar-refractivity contribution in [1.29, 1.82) is 0 Å². The molecule has 2 aromatic rings. The van der Waals surface area contributed by atoms with Gasteiger partial charge in [0.2, 0.25) is 0 Å². The molecular weight excluding hydrogens is 409 g/mol. The Kier molecular flexibility index (Phi) is 7.66. The Hall–Kier alpha value is -1.97. The maximum atomic E-state index is 5.87. The highest BCUT2D eigenvalue weighted by molar-refractivity contribution is 14.0. The molecule has 0 spiro atoms. The number of hydrogen-bond acceptors (Lipinski definition) is 4. The van der Waals surface area contributed by atoms with E-state index in [1.807, 2.05) is 30.1 Å². The van der Waals surface area contributed by atoms with E-state index in [-0.39, 0.29) is 24.0 Å². The quantitative estimate of drug-likeness (QED) is 0.416. The van der Waals surface area contributed by atoms with Crippen LogP contribution < -0.4 is 20.5 Å². The fourth-order valence-corrected chi connectivity index (χ4v) is 1.96. The SMILES string of the molecule is COc1ccc(NC(N)=NCCn2cc(C)cn2)cc1OC.I. The normalized spacial score (nSPS) is 10.8. The van der Waals surface area contributed by atoms with Gasteiger partial charge in [-0.25, -0.2) is 0 Å². The number of aromatic nitrogens is 2. The summed E-state index contributed by atoms with van der Waals surface area (Å²) in [7, 11) is 3.18. The number of anilines is 1. The predicted octanol–water partition coefficient (Wildman–Crippen LogP) is 2.25. The van der Waals surface area contributed by atoms with E-state index in [1.165, 1.54) is 0 Å². The minimum Gasteiger partial charge on any atom is -0.493 e. The number of guanidine groups is 1. The standard InChI is InChI=1S/C15H21N5O2.HI/c1-11-9-18-20(10-11)7-6-17-15(16)19-12-4-5-13(21-2)14(8-12)22-3;/h4-5,8-10H,6-7H2,1-3H3,(H3,16,17,19);1H. The first-order valence-electron chi connectivity index (χ1n) is 6.90. The molecule has 0 saturated carbocycles. The maximum absolute atomic E-state index is 5.87. The van der Waals surface area contributed by atoms with E-state index in [0.29, 0.717) is 30.5 Å². The van der Waals surface area contributed by atoms with Gasteiger partial charge < -0.3 is 20.5 Å². The van der Waals surface area contributed by atoms with Crippen molar-refractivity contribution >= 4 is 35.6 Å². The van der Waals surface area contributed by atoms with E-state index < -0.39 is 0 Å². The summed E-state index contributed by atoms with van der Waals surface area (Å²) in [5.41, 5.74) is 7.79. The summed E-state index contributed by atoms with van der Waals surface area (Å²) in [6.45, 7) is 3.23. The van der Waals surface area contributed by atoms with Gasteiger partial charge in [0.1, 0.15) is 0 Å². The van der Waals surface area contributed by atoms with Crippen LogP contribution in [-0.4, -0.2) is 36.5 Å². The third kappa shape index (κ3) is 5.62. The fraction of sp³-hybridized carbons (Fsp3) is 0.333. The van der Waals surface area contributed by atoms with Gasteiger partial charge in [-0.1, -0.05) is 0 Å². The molecule has 0 aliphatic heterocycles. The Morgan fingerprint density at radius 3 is 2.65 bits per heavy atom. The van der Waals surface area contributed by atoms with Crippen LogP contribution in [0.5, 0.6) is 11.5 Å². The van der Waals surface area contributed by atoms with Crippen molar-refractivity contribution in [3.63, 3.8) is 0 Å². The first-order chi connectivity index (χ1) is 10.6. The highest BCUT2D eigenvalue weighted by Crippen LogP contribution is 2.29. The van der Waals surface area contributed by atoms with Crippen LogP contribution in [0.3, 0.4) is 0 Å². The summed E-state index contributed by atoms with van der Waals surface area (Å²) in [4.78, 5) is 4.27. The molecule has 3 N–H and O–H groups in total. The highest BCUT2D eigenvalue weighted by atomic mass is 127. The average Bonchev–Trinajstić information content (AvgIpc) is 2.92. The molecule has 0 amide bonds. The molecule has 0 aliphatic rings. The van der Waals surface area contributed by atoms with Gasteiger partial charge in [0, 0.05) is 18.0 Å². The molecule has 2 rings (SSSR count). The van der Waals surface area contributed by atoms with Crippen LogP contribution in [0.1, 0.15) is 5.56 Å². The summed E-state index contributed by atoms with van der Waals surface area (Å²) >= 11 is 0. The van der Waals surface area contributed by atoms with Gasteiger partial charge in [0.05, 0.1) is 33.5 Å². The van der Waals surface area contributed by atoms with Crippen molar-refractivity contribution in [2.24, 2.45) is 10.7 Å². The van der Waals surface area contributed by atoms with Gasteiger partial charge in [0.25, 0.3) is 0 Å². The van der Waals surface area contributed by atoms with Crippen molar-refractivity contribution in [3.8, 4) is 11.5 Å². The highest BCUT2D eigenvalue weighted by Gasteiger charge is 2.05. The van der Waals surface area contributed by atoms with Crippen molar-refractivity contribution in [2.75, 3.05) is 26.1 Å². The lowest BCUT2D eigenvalue weighted by molar-refractivity contribution is 0.355. The number of nitrogens with one attached hydrogen (secondary N) is 1. The predicted molar refractivity (Wildman–Crippen MR) is 102 cm³/mol. The summed E-state index contributed by atoms with van der Waals surface area (Å²) in [6.07, 6.45) is 3.78. The molecule has 0 unspecified atom stereocenters. The van der Waals surface area contributed by atoms with Crippen LogP contribution >= 0.6 is 24.0 Å². The Morgan fingerprint density at radius 1 is 1.30 bits per heavy atom. The second-order valence-electron chi connectivity index (χ2n) is 4.74. The number of aryl methyl sites for hydroxylation is 1. The zero-order chi connectivity index (χ0) is 15.9. The second-order valence-corrected chi connectivity index (χ2v) is 4.74. The number of nitrogens with two attached hydrogens (primary N) is 1. The van der Waals surface area contributed by atoms with Crippen LogP contribution in [0.15, 0.2) is 35.6 Å². The van der Waals surface area contributed by atoms with E-state index in [0.717, 1.165) is 11.3 Å². The van der Waals surface area contributed by atoms with Crippen molar-refractivity contribution in [1.82, 2.24) is 9.78 Å². The van der Waals surface area contributed by atoms with E-state index in [1.54, 1.807) is 26.4 Å². The molecule has 1 heterocycles. The zero-order valence-corrected chi connectivity index (χ0v) is 15.8. The molecule has 126 valence electrons. The van der Waals surface area contributed by atoms with Gasteiger partial charge in [-0.15, -0.1) is 24.0 Å². The van der Waals surface area contributed by atoms with Crippen LogP contribution in [0, 0.1) is 6.92 Å². The smallest absolute Gasteiger partial charge is 0.193 e. The Balaban J connectivity index is 0.00000264. The number of hydrogen-bond donors (Lipinski definition) is 2. The summed E-state index contributed by atoms with van der Waals surface area (Å²) in [6, 6.07) is 5.46. The van der Waals surface area contributed by atoms with Gasteiger partial charge >= 0.3 is 0 Å². The lowest BCUT2D eigenvalue weighted by Crippen LogP contribution is -2.23. The number of halogens is 1. The monoisotopic (exact) mass is 431 g/mol. The lowest BCUT2D eigenvalue weighted by Gasteiger charge is -2.10. The van der Waals surface area contributed by atoms with E-state index >= 15 is 0 Å². The van der Waals surface area contributed by atoms with E-state index in [4.69, 9.17) is 15.2 Å². The average molecular weight is 431 g/mol. The molecule has 0 bridgehead atoms. The lowest BCUT2D eigenvalue weighted by atomic mass is 10.3. The molecule has 8 heteroatoms. The minimum atomic E-state index is 0. The summed E-state index contributed by atoms with van der Waals surface area (Å²) in [5, 5.41) is 7.22. The summed E-state index contributed by atoms with van der Waals surface area (Å²) in [5.74, 6) is 1.64. The van der Waals surface area contributed by atoms with Crippen LogP contribution in [0.25, 0.3) is 0 Å². The van der Waals surface area contributed by atoms with Crippen LogP contribution in [0.4, 0.5) is 5.69 Å². The number of rotatable bonds is 6. The van der Waals surface area contributed by atoms with Crippen molar-refractivity contribution in [3.05, 3.63) is 36.2 Å². The van der Waals surface area contributed by atoms with E-state index in [9.17, 15) is 0 Å². The molecule has 1 aromatic heterocycles. The van der Waals surface area contributed by atoms with Crippen LogP contribution in [0.2, 0.25) is 0 Å². The Bertz CT molecular complexity index is 657. The first-order valence-corrected chi connectivity index (χ1v) is 6.90. The number of ether oxygens (including phenoxy) is 2. The topological polar surface area (TPSA) is 86.7 Å². The van der Waals surface area contributed by atoms with Crippen molar-refractivity contribution in [2.45, 2.75) is 13.5 Å². The number of benzene rings is 1. The molecule has 23 heavy (non-hydrogen) atoms. The number of methoxy groups -OCH3 is 2. The minimum absolute atomic E-state index is 0. The molecule has 0 saturated heterocycles. The molecule has 0 atom stereocenters. The van der Waals surface area contributed by atoms with Gasteiger partial charge in [-0.2, -0.15) is 5.10 Å². The molecule has 7 nitrogen and oxygen atoms in total. The molecule has 0 aliphatic carbocycles. The largest absolute Gasteiger partial charge is 0.493 e. The number of nitrogens with zero attached hydrogens (tertiary/aromatic N) is 3. The van der Waals surface area contributed by atoms with Gasteiger partial charge in [0.15, 0.2) is 17.5 Å². The Labute approximate surface area is 152 Å². The first kappa shape index (κ1) is 19.1. The molecule has 0 radical (unpaired) electrons. The zero-order valence-electron chi connectivity index (χ0n) is 13.4. The Morgan fingerprint density at radius 2 is 2.04 bits per heavy atom. The third-order valence-corrected chi connectivity index (χ3v) is 3.03. The molecular formula is C15H22IN5O2. The molecule has 1 aromatic carbocycles. The number of aliphatic imine (C=N–C) groups is 1. The maximum Gasteiger partial charge on any atom is 0.193 e.